The lowest BCUT2D eigenvalue weighted by molar-refractivity contribution is -0.137. The first-order valence-electron chi connectivity index (χ1n) is 9.74. The fraction of sp³-hybridized carbons (Fsp3) is 0.600. The summed E-state index contributed by atoms with van der Waals surface area (Å²) < 4.78 is 38.5. The number of hydrogen-bond acceptors (Lipinski definition) is 6. The first-order chi connectivity index (χ1) is 13.4. The van der Waals surface area contributed by atoms with Gasteiger partial charge in [0.1, 0.15) is 0 Å². The molecule has 29 heavy (non-hydrogen) atoms. The van der Waals surface area contributed by atoms with E-state index in [9.17, 15) is 23.4 Å². The number of benzene rings is 1. The van der Waals surface area contributed by atoms with Crippen molar-refractivity contribution in [1.29, 1.82) is 0 Å². The second kappa shape index (κ2) is 7.79. The number of hydrazine groups is 2. The van der Waals surface area contributed by atoms with Gasteiger partial charge >= 0.3 is 6.18 Å². The Morgan fingerprint density at radius 1 is 1.17 bits per heavy atom. The maximum Gasteiger partial charge on any atom is 0.416 e. The van der Waals surface area contributed by atoms with Crippen LogP contribution in [-0.2, 0) is 11.8 Å². The molecule has 3 rings (SSSR count). The van der Waals surface area contributed by atoms with Crippen molar-refractivity contribution < 1.29 is 23.4 Å². The van der Waals surface area contributed by atoms with Gasteiger partial charge < -0.3 is 21.0 Å². The highest BCUT2D eigenvalue weighted by atomic mass is 19.4. The molecule has 6 nitrogen and oxygen atoms in total. The van der Waals surface area contributed by atoms with Crippen molar-refractivity contribution in [2.24, 2.45) is 0 Å². The highest BCUT2D eigenvalue weighted by molar-refractivity contribution is 5.31. The minimum Gasteiger partial charge on any atom is -0.390 e. The van der Waals surface area contributed by atoms with Crippen molar-refractivity contribution in [3.63, 3.8) is 0 Å². The number of halogens is 3. The Hall–Kier alpha value is -1.81. The lowest BCUT2D eigenvalue weighted by Crippen LogP contribution is -2.53. The number of aliphatic hydroxyl groups is 2. The summed E-state index contributed by atoms with van der Waals surface area (Å²) in [7, 11) is 0. The van der Waals surface area contributed by atoms with E-state index in [1.165, 1.54) is 12.1 Å². The van der Waals surface area contributed by atoms with Gasteiger partial charge in [-0.15, -0.1) is 5.53 Å². The van der Waals surface area contributed by atoms with Gasteiger partial charge in [0.05, 0.1) is 28.5 Å². The molecule has 0 saturated carbocycles. The summed E-state index contributed by atoms with van der Waals surface area (Å²) in [6.07, 6.45) is -1.23. The normalized spacial score (nSPS) is 28.3. The van der Waals surface area contributed by atoms with Crippen LogP contribution in [0.5, 0.6) is 0 Å². The second-order valence-corrected chi connectivity index (χ2v) is 8.71. The van der Waals surface area contributed by atoms with E-state index in [2.05, 4.69) is 16.3 Å². The second-order valence-electron chi connectivity index (χ2n) is 8.71. The van der Waals surface area contributed by atoms with E-state index >= 15 is 0 Å². The van der Waals surface area contributed by atoms with Gasteiger partial charge in [-0.25, -0.2) is 0 Å². The number of nitrogens with zero attached hydrogens (tertiary/aromatic N) is 1. The summed E-state index contributed by atoms with van der Waals surface area (Å²) in [6.45, 7) is 6.02. The van der Waals surface area contributed by atoms with Gasteiger partial charge in [0.2, 0.25) is 0 Å². The molecular formula is C20H29F3N4O2. The maximum atomic E-state index is 12.8. The summed E-state index contributed by atoms with van der Waals surface area (Å²) >= 11 is 0. The van der Waals surface area contributed by atoms with Crippen molar-refractivity contribution >= 4 is 0 Å². The molecule has 0 aliphatic carbocycles. The molecule has 2 aliphatic heterocycles. The standard InChI is InChI=1S/C20H29F3N4O2/c1-13-10-19(29,14-4-6-15(7-5-14)20(21,22)23)11-16(24-13)17-12-27(26-25-17)9-8-18(2,3)28/h4-7,12-13,16,24-26,28-29H,8-11H2,1-3H3/t13-,16-,19?/m0/s1. The predicted molar refractivity (Wildman–Crippen MR) is 103 cm³/mol. The molecule has 0 radical (unpaired) electrons. The van der Waals surface area contributed by atoms with E-state index in [0.29, 0.717) is 31.4 Å². The smallest absolute Gasteiger partial charge is 0.390 e. The van der Waals surface area contributed by atoms with Crippen LogP contribution in [-0.4, -0.2) is 39.5 Å². The molecule has 2 heterocycles. The van der Waals surface area contributed by atoms with Crippen LogP contribution in [0, 0.1) is 0 Å². The van der Waals surface area contributed by atoms with Crippen molar-refractivity contribution in [2.45, 2.75) is 69.5 Å². The van der Waals surface area contributed by atoms with Gasteiger partial charge in [-0.2, -0.15) is 13.2 Å². The molecule has 5 N–H and O–H groups in total. The molecule has 0 bridgehead atoms. The number of piperidine rings is 1. The molecule has 1 aromatic carbocycles. The Labute approximate surface area is 168 Å². The van der Waals surface area contributed by atoms with Crippen molar-refractivity contribution in [2.75, 3.05) is 6.54 Å². The van der Waals surface area contributed by atoms with Crippen LogP contribution in [0.15, 0.2) is 36.2 Å². The summed E-state index contributed by atoms with van der Waals surface area (Å²) in [5.74, 6) is 0. The molecule has 3 atom stereocenters. The van der Waals surface area contributed by atoms with Gasteiger partial charge in [0.25, 0.3) is 0 Å². The molecule has 0 amide bonds. The molecule has 9 heteroatoms. The zero-order valence-electron chi connectivity index (χ0n) is 16.8. The number of hydrogen-bond donors (Lipinski definition) is 5. The molecule has 0 spiro atoms. The molecule has 1 unspecified atom stereocenters. The lowest BCUT2D eigenvalue weighted by Gasteiger charge is -2.41. The summed E-state index contributed by atoms with van der Waals surface area (Å²) in [6, 6.07) is 4.52. The van der Waals surface area contributed by atoms with Gasteiger partial charge in [0, 0.05) is 25.2 Å². The Morgan fingerprint density at radius 2 is 1.83 bits per heavy atom. The topological polar surface area (TPSA) is 79.8 Å². The molecule has 1 aromatic rings. The molecule has 0 aromatic heterocycles. The Balaban J connectivity index is 1.73. The fourth-order valence-electron chi connectivity index (χ4n) is 3.85. The molecule has 162 valence electrons. The van der Waals surface area contributed by atoms with Gasteiger partial charge in [-0.1, -0.05) is 12.1 Å². The third-order valence-corrected chi connectivity index (χ3v) is 5.40. The quantitative estimate of drug-likeness (QED) is 0.509. The van der Waals surface area contributed by atoms with Crippen LogP contribution < -0.4 is 16.3 Å². The van der Waals surface area contributed by atoms with Crippen LogP contribution in [0.1, 0.15) is 51.2 Å². The van der Waals surface area contributed by atoms with E-state index in [1.54, 1.807) is 13.8 Å². The van der Waals surface area contributed by atoms with Crippen LogP contribution >= 0.6 is 0 Å². The summed E-state index contributed by atoms with van der Waals surface area (Å²) in [5.41, 5.74) is 4.67. The number of alkyl halides is 3. The largest absolute Gasteiger partial charge is 0.416 e. The SMILES string of the molecule is C[C@H]1CC(O)(c2ccc(C(F)(F)F)cc2)C[C@@H](C2=CN(CCC(C)(C)O)NN2)N1. The first-order valence-corrected chi connectivity index (χ1v) is 9.74. The summed E-state index contributed by atoms with van der Waals surface area (Å²) in [5, 5.41) is 26.4. The zero-order valence-corrected chi connectivity index (χ0v) is 16.8. The van der Waals surface area contributed by atoms with Crippen LogP contribution in [0.2, 0.25) is 0 Å². The van der Waals surface area contributed by atoms with Crippen molar-refractivity contribution in [3.8, 4) is 0 Å². The van der Waals surface area contributed by atoms with E-state index in [4.69, 9.17) is 0 Å². The van der Waals surface area contributed by atoms with E-state index < -0.39 is 22.9 Å². The predicted octanol–water partition coefficient (Wildman–Crippen LogP) is 2.36. The fourth-order valence-corrected chi connectivity index (χ4v) is 3.85. The van der Waals surface area contributed by atoms with Crippen LogP contribution in [0.3, 0.4) is 0 Å². The van der Waals surface area contributed by atoms with E-state index in [-0.39, 0.29) is 12.1 Å². The maximum absolute atomic E-state index is 12.8. The Bertz CT molecular complexity index is 746. The van der Waals surface area contributed by atoms with E-state index in [0.717, 1.165) is 17.8 Å². The Morgan fingerprint density at radius 3 is 2.41 bits per heavy atom. The van der Waals surface area contributed by atoms with E-state index in [1.807, 2.05) is 18.1 Å². The van der Waals surface area contributed by atoms with Gasteiger partial charge in [-0.05, 0) is 51.3 Å². The first kappa shape index (κ1) is 21.9. The lowest BCUT2D eigenvalue weighted by atomic mass is 9.78. The Kier molecular flexibility index (Phi) is 5.88. The molecule has 2 aliphatic rings. The van der Waals surface area contributed by atoms with Gasteiger partial charge in [-0.3, -0.25) is 5.01 Å². The van der Waals surface area contributed by atoms with Crippen LogP contribution in [0.25, 0.3) is 0 Å². The molecular weight excluding hydrogens is 385 g/mol. The number of nitrogens with one attached hydrogen (secondary N) is 3. The van der Waals surface area contributed by atoms with Crippen molar-refractivity contribution in [1.82, 2.24) is 21.3 Å². The highest BCUT2D eigenvalue weighted by Crippen LogP contribution is 2.38. The zero-order chi connectivity index (χ0) is 21.4. The molecule has 1 fully saturated rings. The van der Waals surface area contributed by atoms with Crippen LogP contribution in [0.4, 0.5) is 13.2 Å². The average Bonchev–Trinajstić information content (AvgIpc) is 3.07. The number of rotatable bonds is 5. The minimum atomic E-state index is -4.40. The summed E-state index contributed by atoms with van der Waals surface area (Å²) in [4.78, 5) is 0. The monoisotopic (exact) mass is 414 g/mol. The molecule has 1 saturated heterocycles. The third kappa shape index (κ3) is 5.42. The van der Waals surface area contributed by atoms with Crippen molar-refractivity contribution in [3.05, 3.63) is 47.3 Å². The highest BCUT2D eigenvalue weighted by Gasteiger charge is 2.41. The minimum absolute atomic E-state index is 0.0332. The van der Waals surface area contributed by atoms with Gasteiger partial charge in [0.15, 0.2) is 0 Å². The average molecular weight is 414 g/mol. The third-order valence-electron chi connectivity index (χ3n) is 5.40.